The van der Waals surface area contributed by atoms with Gasteiger partial charge in [0.1, 0.15) is 17.4 Å². The van der Waals surface area contributed by atoms with Gasteiger partial charge in [-0.3, -0.25) is 4.79 Å². The number of nitrogens with one attached hydrogen (secondary N) is 1. The quantitative estimate of drug-likeness (QED) is 0.472. The number of carbonyl (C=O) groups excluding carboxylic acids is 1. The molecule has 0 unspecified atom stereocenters. The Morgan fingerprint density at radius 1 is 1.13 bits per heavy atom. The second kappa shape index (κ2) is 8.57. The number of methoxy groups -OCH3 is 1. The van der Waals surface area contributed by atoms with Crippen LogP contribution in [0.15, 0.2) is 72.4 Å². The van der Waals surface area contributed by atoms with Gasteiger partial charge in [-0.1, -0.05) is 12.1 Å². The molecular weight excluding hydrogens is 395 g/mol. The Balaban J connectivity index is 1.90. The maximum atomic E-state index is 13.0. The van der Waals surface area contributed by atoms with Gasteiger partial charge in [-0.05, 0) is 48.5 Å². The number of rotatable bonds is 5. The molecule has 30 heavy (non-hydrogen) atoms. The fourth-order valence-electron chi connectivity index (χ4n) is 2.77. The van der Waals surface area contributed by atoms with Crippen LogP contribution in [0.25, 0.3) is 11.8 Å². The van der Waals surface area contributed by atoms with Gasteiger partial charge in [0.2, 0.25) is 0 Å². The second-order valence-electron chi connectivity index (χ2n) is 6.21. The first kappa shape index (κ1) is 20.7. The molecule has 3 rings (SSSR count). The summed E-state index contributed by atoms with van der Waals surface area (Å²) in [5.41, 5.74) is 0.0802. The fraction of sp³-hybridized carbons (Fsp3) is 0.0909. The molecule has 0 aliphatic heterocycles. The average molecular weight is 411 g/mol. The van der Waals surface area contributed by atoms with Crippen molar-refractivity contribution >= 4 is 17.7 Å². The SMILES string of the molecule is COc1cccc(NC(=O)/C(C#N)=C/c2cccn2-c2cccc(C(F)(F)F)c2)c1. The first-order valence-electron chi connectivity index (χ1n) is 8.74. The molecule has 0 saturated heterocycles. The van der Waals surface area contributed by atoms with Gasteiger partial charge < -0.3 is 14.6 Å². The van der Waals surface area contributed by atoms with E-state index in [9.17, 15) is 23.2 Å². The average Bonchev–Trinajstić information content (AvgIpc) is 3.19. The molecule has 1 amide bonds. The molecule has 0 aliphatic rings. The van der Waals surface area contributed by atoms with Crippen LogP contribution in [0.2, 0.25) is 0 Å². The summed E-state index contributed by atoms with van der Waals surface area (Å²) in [6, 6.07) is 16.4. The molecule has 0 saturated carbocycles. The third-order valence-corrected chi connectivity index (χ3v) is 4.22. The highest BCUT2D eigenvalue weighted by Gasteiger charge is 2.30. The van der Waals surface area contributed by atoms with E-state index in [2.05, 4.69) is 5.32 Å². The molecule has 1 aromatic heterocycles. The first-order valence-corrected chi connectivity index (χ1v) is 8.74. The van der Waals surface area contributed by atoms with Crippen LogP contribution in [-0.4, -0.2) is 17.6 Å². The van der Waals surface area contributed by atoms with E-state index in [1.165, 1.54) is 29.9 Å². The van der Waals surface area contributed by atoms with E-state index in [1.807, 2.05) is 6.07 Å². The summed E-state index contributed by atoms with van der Waals surface area (Å²) >= 11 is 0. The number of nitrogens with zero attached hydrogens (tertiary/aromatic N) is 2. The zero-order valence-electron chi connectivity index (χ0n) is 15.8. The number of nitriles is 1. The zero-order valence-corrected chi connectivity index (χ0v) is 15.8. The van der Waals surface area contributed by atoms with E-state index in [1.54, 1.807) is 42.6 Å². The normalized spacial score (nSPS) is 11.6. The lowest BCUT2D eigenvalue weighted by atomic mass is 10.1. The molecule has 1 N–H and O–H groups in total. The highest BCUT2D eigenvalue weighted by atomic mass is 19.4. The Labute approximate surface area is 170 Å². The summed E-state index contributed by atoms with van der Waals surface area (Å²) in [7, 11) is 1.49. The number of ether oxygens (including phenoxy) is 1. The number of aromatic nitrogens is 1. The minimum absolute atomic E-state index is 0.204. The number of amides is 1. The molecule has 1 heterocycles. The number of alkyl halides is 3. The van der Waals surface area contributed by atoms with Crippen molar-refractivity contribution in [3.8, 4) is 17.5 Å². The summed E-state index contributed by atoms with van der Waals surface area (Å²) < 4.78 is 45.6. The fourth-order valence-corrected chi connectivity index (χ4v) is 2.77. The van der Waals surface area contributed by atoms with Crippen molar-refractivity contribution < 1.29 is 22.7 Å². The molecule has 0 radical (unpaired) electrons. The van der Waals surface area contributed by atoms with Gasteiger partial charge in [-0.15, -0.1) is 0 Å². The molecule has 0 fully saturated rings. The number of halogens is 3. The van der Waals surface area contributed by atoms with Crippen molar-refractivity contribution in [2.75, 3.05) is 12.4 Å². The van der Waals surface area contributed by atoms with Gasteiger partial charge >= 0.3 is 6.18 Å². The van der Waals surface area contributed by atoms with Crippen LogP contribution >= 0.6 is 0 Å². The topological polar surface area (TPSA) is 67.0 Å². The Hall–Kier alpha value is -3.99. The number of benzene rings is 2. The van der Waals surface area contributed by atoms with Crippen molar-refractivity contribution in [1.29, 1.82) is 5.26 Å². The number of hydrogen-bond donors (Lipinski definition) is 1. The van der Waals surface area contributed by atoms with E-state index >= 15 is 0 Å². The molecular formula is C22H16F3N3O2. The maximum Gasteiger partial charge on any atom is 0.416 e. The molecule has 5 nitrogen and oxygen atoms in total. The molecule has 0 atom stereocenters. The van der Waals surface area contributed by atoms with Crippen LogP contribution in [0.3, 0.4) is 0 Å². The van der Waals surface area contributed by atoms with Crippen LogP contribution < -0.4 is 10.1 Å². The number of carbonyl (C=O) groups is 1. The maximum absolute atomic E-state index is 13.0. The summed E-state index contributed by atoms with van der Waals surface area (Å²) in [5, 5.41) is 12.0. The zero-order chi connectivity index (χ0) is 21.7. The first-order chi connectivity index (χ1) is 14.3. The van der Waals surface area contributed by atoms with Crippen molar-refractivity contribution in [2.45, 2.75) is 6.18 Å². The Bertz CT molecular complexity index is 1140. The van der Waals surface area contributed by atoms with E-state index < -0.39 is 17.6 Å². The molecule has 0 spiro atoms. The summed E-state index contributed by atoms with van der Waals surface area (Å²) in [6.07, 6.45) is -1.61. The third-order valence-electron chi connectivity index (χ3n) is 4.22. The van der Waals surface area contributed by atoms with Gasteiger partial charge in [0.05, 0.1) is 12.7 Å². The van der Waals surface area contributed by atoms with Gasteiger partial charge in [-0.2, -0.15) is 18.4 Å². The van der Waals surface area contributed by atoms with Crippen molar-refractivity contribution in [2.24, 2.45) is 0 Å². The van der Waals surface area contributed by atoms with E-state index in [0.717, 1.165) is 12.1 Å². The summed E-state index contributed by atoms with van der Waals surface area (Å²) in [5.74, 6) is -0.115. The van der Waals surface area contributed by atoms with Crippen LogP contribution in [0.5, 0.6) is 5.75 Å². The summed E-state index contributed by atoms with van der Waals surface area (Å²) in [6.45, 7) is 0. The van der Waals surface area contributed by atoms with Crippen molar-refractivity contribution in [1.82, 2.24) is 4.57 Å². The number of hydrogen-bond acceptors (Lipinski definition) is 3. The molecule has 3 aromatic rings. The Kier molecular flexibility index (Phi) is 5.93. The molecule has 2 aromatic carbocycles. The Morgan fingerprint density at radius 2 is 1.90 bits per heavy atom. The highest BCUT2D eigenvalue weighted by Crippen LogP contribution is 2.30. The summed E-state index contributed by atoms with van der Waals surface area (Å²) in [4.78, 5) is 12.5. The van der Waals surface area contributed by atoms with Gasteiger partial charge in [0.25, 0.3) is 5.91 Å². The second-order valence-corrected chi connectivity index (χ2v) is 6.21. The Morgan fingerprint density at radius 3 is 2.60 bits per heavy atom. The minimum atomic E-state index is -4.48. The largest absolute Gasteiger partial charge is 0.497 e. The predicted octanol–water partition coefficient (Wildman–Crippen LogP) is 5.05. The van der Waals surface area contributed by atoms with Crippen molar-refractivity contribution in [3.05, 3.63) is 83.7 Å². The lowest BCUT2D eigenvalue weighted by Gasteiger charge is -2.11. The molecule has 0 bridgehead atoms. The van der Waals surface area contributed by atoms with Crippen molar-refractivity contribution in [3.63, 3.8) is 0 Å². The van der Waals surface area contributed by atoms with E-state index in [4.69, 9.17) is 4.74 Å². The van der Waals surface area contributed by atoms with E-state index in [-0.39, 0.29) is 11.3 Å². The lowest BCUT2D eigenvalue weighted by molar-refractivity contribution is -0.137. The van der Waals surface area contributed by atoms with Gasteiger partial charge in [-0.25, -0.2) is 0 Å². The third kappa shape index (κ3) is 4.70. The van der Waals surface area contributed by atoms with Gasteiger partial charge in [0, 0.05) is 29.3 Å². The van der Waals surface area contributed by atoms with Gasteiger partial charge in [0.15, 0.2) is 0 Å². The molecule has 8 heteroatoms. The van der Waals surface area contributed by atoms with Crippen LogP contribution in [0.4, 0.5) is 18.9 Å². The van der Waals surface area contributed by atoms with Crippen LogP contribution in [0.1, 0.15) is 11.3 Å². The highest BCUT2D eigenvalue weighted by molar-refractivity contribution is 6.09. The molecule has 0 aliphatic carbocycles. The smallest absolute Gasteiger partial charge is 0.416 e. The van der Waals surface area contributed by atoms with Crippen LogP contribution in [-0.2, 0) is 11.0 Å². The van der Waals surface area contributed by atoms with E-state index in [0.29, 0.717) is 17.1 Å². The number of anilines is 1. The standard InChI is InChI=1S/C22H16F3N3O2/c1-30-20-9-3-6-17(13-20)27-21(29)15(14-26)11-18-8-4-10-28(18)19-7-2-5-16(12-19)22(23,24)25/h2-13H,1H3,(H,27,29)/b15-11+. The minimum Gasteiger partial charge on any atom is -0.497 e. The monoisotopic (exact) mass is 411 g/mol. The molecule has 152 valence electrons. The van der Waals surface area contributed by atoms with Crippen LogP contribution in [0, 0.1) is 11.3 Å². The predicted molar refractivity (Wildman–Crippen MR) is 106 cm³/mol. The lowest BCUT2D eigenvalue weighted by Crippen LogP contribution is -2.13.